The Morgan fingerprint density at radius 1 is 1.18 bits per heavy atom. The van der Waals surface area contributed by atoms with Gasteiger partial charge in [0.2, 0.25) is 0 Å². The third-order valence-corrected chi connectivity index (χ3v) is 6.10. The predicted octanol–water partition coefficient (Wildman–Crippen LogP) is 5.26. The predicted molar refractivity (Wildman–Crippen MR) is 129 cm³/mol. The highest BCUT2D eigenvalue weighted by molar-refractivity contribution is 6.07. The van der Waals surface area contributed by atoms with Crippen molar-refractivity contribution in [1.82, 2.24) is 14.9 Å². The van der Waals surface area contributed by atoms with Crippen molar-refractivity contribution in [2.24, 2.45) is 0 Å². The SMILES string of the molecule is CCOC(=O)c1cccc(Nc2c(C(=O)N3CCCC[C@H]3CC)cnc3nc(C)ccc23)c1. The van der Waals surface area contributed by atoms with E-state index < -0.39 is 0 Å². The van der Waals surface area contributed by atoms with Crippen LogP contribution in [0.3, 0.4) is 0 Å². The van der Waals surface area contributed by atoms with Gasteiger partial charge in [-0.1, -0.05) is 13.0 Å². The van der Waals surface area contributed by atoms with Crippen LogP contribution in [0.5, 0.6) is 0 Å². The van der Waals surface area contributed by atoms with Gasteiger partial charge < -0.3 is 15.0 Å². The first kappa shape index (κ1) is 22.7. The highest BCUT2D eigenvalue weighted by atomic mass is 16.5. The van der Waals surface area contributed by atoms with E-state index in [2.05, 4.69) is 22.2 Å². The number of rotatable bonds is 6. The maximum Gasteiger partial charge on any atom is 0.338 e. The third kappa shape index (κ3) is 4.82. The Bertz CT molecular complexity index is 1180. The second-order valence-corrected chi connectivity index (χ2v) is 8.35. The van der Waals surface area contributed by atoms with E-state index in [1.54, 1.807) is 31.3 Å². The van der Waals surface area contributed by atoms with Gasteiger partial charge in [-0.2, -0.15) is 0 Å². The largest absolute Gasteiger partial charge is 0.462 e. The lowest BCUT2D eigenvalue weighted by Crippen LogP contribution is -2.43. The lowest BCUT2D eigenvalue weighted by molar-refractivity contribution is 0.0525. The van der Waals surface area contributed by atoms with Gasteiger partial charge in [-0.15, -0.1) is 0 Å². The van der Waals surface area contributed by atoms with Gasteiger partial charge in [0.25, 0.3) is 5.91 Å². The molecule has 0 aliphatic carbocycles. The molecule has 1 N–H and O–H groups in total. The summed E-state index contributed by atoms with van der Waals surface area (Å²) in [4.78, 5) is 37.0. The van der Waals surface area contributed by atoms with Gasteiger partial charge in [0.1, 0.15) is 0 Å². The number of amides is 1. The van der Waals surface area contributed by atoms with Gasteiger partial charge in [-0.05, 0) is 69.9 Å². The standard InChI is InChI=1S/C26H30N4O3/c1-4-20-11-6-7-14-30(20)25(31)22-16-27-24-21(13-12-17(3)28-24)23(22)29-19-10-8-9-18(15-19)26(32)33-5-2/h8-10,12-13,15-16,20H,4-7,11,14H2,1-3H3,(H,27,28,29)/t20-/m1/s1. The summed E-state index contributed by atoms with van der Waals surface area (Å²) < 4.78 is 5.13. The molecule has 1 aliphatic heterocycles. The van der Waals surface area contributed by atoms with Gasteiger partial charge >= 0.3 is 5.97 Å². The van der Waals surface area contributed by atoms with Crippen LogP contribution >= 0.6 is 0 Å². The average Bonchev–Trinajstić information content (AvgIpc) is 2.84. The molecular weight excluding hydrogens is 416 g/mol. The molecule has 172 valence electrons. The molecule has 0 unspecified atom stereocenters. The number of pyridine rings is 2. The van der Waals surface area contributed by atoms with Crippen LogP contribution in [0.25, 0.3) is 11.0 Å². The van der Waals surface area contributed by atoms with E-state index >= 15 is 0 Å². The van der Waals surface area contributed by atoms with Crippen LogP contribution < -0.4 is 5.32 Å². The minimum Gasteiger partial charge on any atom is -0.462 e. The number of nitrogens with zero attached hydrogens (tertiary/aromatic N) is 3. The molecule has 33 heavy (non-hydrogen) atoms. The molecule has 0 bridgehead atoms. The molecule has 1 fully saturated rings. The quantitative estimate of drug-likeness (QED) is 0.520. The lowest BCUT2D eigenvalue weighted by Gasteiger charge is -2.35. The number of carbonyl (C=O) groups is 2. The van der Waals surface area contributed by atoms with E-state index in [1.807, 2.05) is 30.0 Å². The molecule has 1 amide bonds. The fourth-order valence-electron chi connectivity index (χ4n) is 4.40. The van der Waals surface area contributed by atoms with Crippen molar-refractivity contribution in [3.63, 3.8) is 0 Å². The minimum absolute atomic E-state index is 0.0272. The van der Waals surface area contributed by atoms with Crippen molar-refractivity contribution in [3.05, 3.63) is 59.4 Å². The molecule has 4 rings (SSSR count). The molecule has 0 saturated carbocycles. The Labute approximate surface area is 194 Å². The number of piperidine rings is 1. The number of benzene rings is 1. The molecule has 1 aliphatic rings. The number of fused-ring (bicyclic) bond motifs is 1. The van der Waals surface area contributed by atoms with Crippen molar-refractivity contribution in [3.8, 4) is 0 Å². The van der Waals surface area contributed by atoms with Gasteiger partial charge in [0.05, 0.1) is 23.4 Å². The third-order valence-electron chi connectivity index (χ3n) is 6.10. The lowest BCUT2D eigenvalue weighted by atomic mass is 9.98. The summed E-state index contributed by atoms with van der Waals surface area (Å²) in [6, 6.07) is 11.2. The second-order valence-electron chi connectivity index (χ2n) is 8.35. The normalized spacial score (nSPS) is 16.0. The Kier molecular flexibility index (Phi) is 6.87. The summed E-state index contributed by atoms with van der Waals surface area (Å²) in [7, 11) is 0. The Hall–Kier alpha value is -3.48. The highest BCUT2D eigenvalue weighted by Crippen LogP contribution is 2.32. The Balaban J connectivity index is 1.78. The van der Waals surface area contributed by atoms with Crippen LogP contribution in [0, 0.1) is 6.92 Å². The van der Waals surface area contributed by atoms with Crippen molar-refractivity contribution in [1.29, 1.82) is 0 Å². The van der Waals surface area contributed by atoms with E-state index in [0.29, 0.717) is 34.8 Å². The fraction of sp³-hybridized carbons (Fsp3) is 0.385. The monoisotopic (exact) mass is 446 g/mol. The highest BCUT2D eigenvalue weighted by Gasteiger charge is 2.29. The fourth-order valence-corrected chi connectivity index (χ4v) is 4.40. The number of hydrogen-bond acceptors (Lipinski definition) is 6. The smallest absolute Gasteiger partial charge is 0.338 e. The summed E-state index contributed by atoms with van der Waals surface area (Å²) in [5.74, 6) is -0.408. The molecule has 3 heterocycles. The number of hydrogen-bond donors (Lipinski definition) is 1. The number of carbonyl (C=O) groups excluding carboxylic acids is 2. The van der Waals surface area contributed by atoms with Gasteiger partial charge in [0, 0.05) is 35.6 Å². The zero-order valence-corrected chi connectivity index (χ0v) is 19.4. The zero-order chi connectivity index (χ0) is 23.4. The summed E-state index contributed by atoms with van der Waals surface area (Å²) in [5.41, 5.74) is 3.72. The summed E-state index contributed by atoms with van der Waals surface area (Å²) in [6.07, 6.45) is 5.73. The summed E-state index contributed by atoms with van der Waals surface area (Å²) >= 11 is 0. The van der Waals surface area contributed by atoms with Gasteiger partial charge in [0.15, 0.2) is 5.65 Å². The van der Waals surface area contributed by atoms with Gasteiger partial charge in [-0.25, -0.2) is 14.8 Å². The second kappa shape index (κ2) is 9.98. The van der Waals surface area contributed by atoms with Crippen molar-refractivity contribution < 1.29 is 14.3 Å². The van der Waals surface area contributed by atoms with E-state index in [9.17, 15) is 9.59 Å². The van der Waals surface area contributed by atoms with E-state index in [4.69, 9.17) is 4.74 Å². The van der Waals surface area contributed by atoms with Crippen molar-refractivity contribution in [2.75, 3.05) is 18.5 Å². The average molecular weight is 447 g/mol. The van der Waals surface area contributed by atoms with Crippen molar-refractivity contribution in [2.45, 2.75) is 52.5 Å². The van der Waals surface area contributed by atoms with Crippen LogP contribution in [-0.4, -0.2) is 45.9 Å². The maximum atomic E-state index is 13.7. The molecule has 0 radical (unpaired) electrons. The molecular formula is C26H30N4O3. The number of anilines is 2. The topological polar surface area (TPSA) is 84.4 Å². The van der Waals surface area contributed by atoms with Crippen LogP contribution in [0.1, 0.15) is 65.9 Å². The molecule has 2 aromatic heterocycles. The van der Waals surface area contributed by atoms with Gasteiger partial charge in [-0.3, -0.25) is 4.79 Å². The van der Waals surface area contributed by atoms with Crippen LogP contribution in [-0.2, 0) is 4.74 Å². The number of nitrogens with one attached hydrogen (secondary N) is 1. The molecule has 1 atom stereocenters. The number of esters is 1. The number of aromatic nitrogens is 2. The van der Waals surface area contributed by atoms with Crippen LogP contribution in [0.15, 0.2) is 42.6 Å². The molecule has 7 heteroatoms. The van der Waals surface area contributed by atoms with Crippen molar-refractivity contribution >= 4 is 34.3 Å². The number of likely N-dealkylation sites (tertiary alicyclic amines) is 1. The molecule has 1 saturated heterocycles. The first-order valence-electron chi connectivity index (χ1n) is 11.6. The van der Waals surface area contributed by atoms with Crippen LogP contribution in [0.2, 0.25) is 0 Å². The number of ether oxygens (including phenoxy) is 1. The van der Waals surface area contributed by atoms with E-state index in [-0.39, 0.29) is 17.9 Å². The summed E-state index contributed by atoms with van der Waals surface area (Å²) in [5, 5.41) is 4.15. The molecule has 0 spiro atoms. The molecule has 3 aromatic rings. The first-order valence-corrected chi connectivity index (χ1v) is 11.6. The number of aryl methyl sites for hydroxylation is 1. The summed E-state index contributed by atoms with van der Waals surface area (Å²) in [6.45, 7) is 6.88. The molecule has 1 aromatic carbocycles. The zero-order valence-electron chi connectivity index (χ0n) is 19.4. The van der Waals surface area contributed by atoms with E-state index in [0.717, 1.165) is 43.3 Å². The Morgan fingerprint density at radius 2 is 2.03 bits per heavy atom. The van der Waals surface area contributed by atoms with E-state index in [1.165, 1.54) is 0 Å². The molecule has 7 nitrogen and oxygen atoms in total. The maximum absolute atomic E-state index is 13.7. The Morgan fingerprint density at radius 3 is 2.82 bits per heavy atom. The van der Waals surface area contributed by atoms with Crippen LogP contribution in [0.4, 0.5) is 11.4 Å². The minimum atomic E-state index is -0.381. The first-order chi connectivity index (χ1) is 16.0.